The van der Waals surface area contributed by atoms with Gasteiger partial charge in [0.1, 0.15) is 24.4 Å². The predicted octanol–water partition coefficient (Wildman–Crippen LogP) is 3.99. The zero-order valence-corrected chi connectivity index (χ0v) is 23.4. The molecule has 0 saturated carbocycles. The van der Waals surface area contributed by atoms with Crippen LogP contribution in [0.5, 0.6) is 5.75 Å². The van der Waals surface area contributed by atoms with Crippen LogP contribution in [-0.2, 0) is 32.1 Å². The number of nitrogens with one attached hydrogen (secondary N) is 3. The largest absolute Gasteiger partial charge is 0.508 e. The average Bonchev–Trinajstić information content (AvgIpc) is 2.91. The summed E-state index contributed by atoms with van der Waals surface area (Å²) in [6.07, 6.45) is -0.254. The molecule has 2 aromatic carbocycles. The summed E-state index contributed by atoms with van der Waals surface area (Å²) in [5.74, 6) is -2.12. The quantitative estimate of drug-likeness (QED) is 0.262. The lowest BCUT2D eigenvalue weighted by Crippen LogP contribution is -2.56. The lowest BCUT2D eigenvalue weighted by atomic mass is 9.98. The lowest BCUT2D eigenvalue weighted by Gasteiger charge is -2.26. The van der Waals surface area contributed by atoms with Gasteiger partial charge in [-0.25, -0.2) is 9.18 Å². The van der Waals surface area contributed by atoms with Gasteiger partial charge < -0.3 is 25.8 Å². The molecule has 0 saturated heterocycles. The molecule has 9 nitrogen and oxygen atoms in total. The fraction of sp³-hybridized carbons (Fsp3) is 0.433. The van der Waals surface area contributed by atoms with E-state index in [0.29, 0.717) is 12.0 Å². The Hall–Kier alpha value is -3.95. The van der Waals surface area contributed by atoms with Crippen LogP contribution in [-0.4, -0.2) is 46.9 Å². The van der Waals surface area contributed by atoms with Crippen molar-refractivity contribution in [1.82, 2.24) is 16.0 Å². The highest BCUT2D eigenvalue weighted by atomic mass is 19.1. The van der Waals surface area contributed by atoms with E-state index in [-0.39, 0.29) is 43.7 Å². The molecule has 3 atom stereocenters. The average molecular weight is 557 g/mol. The van der Waals surface area contributed by atoms with Crippen LogP contribution in [0.25, 0.3) is 0 Å². The van der Waals surface area contributed by atoms with Gasteiger partial charge in [0.15, 0.2) is 12.5 Å². The number of alkyl carbamates (subject to hydrolysis) is 1. The molecule has 0 unspecified atom stereocenters. The van der Waals surface area contributed by atoms with Crippen molar-refractivity contribution in [2.24, 2.45) is 11.8 Å². The number of carbonyl (C=O) groups is 4. The molecule has 0 spiro atoms. The maximum absolute atomic E-state index is 13.3. The topological polar surface area (TPSA) is 134 Å². The minimum absolute atomic E-state index is 0.0117. The van der Waals surface area contributed by atoms with Crippen LogP contribution in [0.15, 0.2) is 54.6 Å². The van der Waals surface area contributed by atoms with E-state index in [1.54, 1.807) is 24.3 Å². The minimum Gasteiger partial charge on any atom is -0.508 e. The Morgan fingerprint density at radius 2 is 1.30 bits per heavy atom. The van der Waals surface area contributed by atoms with Crippen molar-refractivity contribution in [3.8, 4) is 5.75 Å². The fourth-order valence-electron chi connectivity index (χ4n) is 4.02. The van der Waals surface area contributed by atoms with Crippen molar-refractivity contribution in [2.45, 2.75) is 71.7 Å². The number of benzene rings is 2. The van der Waals surface area contributed by atoms with Crippen LogP contribution < -0.4 is 16.0 Å². The Kier molecular flexibility index (Phi) is 13.1. The standard InChI is InChI=1S/C30H39FN3O6/c1-19(2)14-25(28(37)32-24(27(36)17-31)16-21-10-12-23(35)13-11-21)33-29(38)26(15-20(3)4)34-30(39)40-18-22-8-6-5-7-9-22/h5-13,17,19-20,24-26,35H,14-16,18H2,1-4H3,(H,32,37)(H,33,38)(H,34,39)/t24-,25-,26-/m0/s1. The Morgan fingerprint density at radius 1 is 0.775 bits per heavy atom. The Labute approximate surface area is 234 Å². The summed E-state index contributed by atoms with van der Waals surface area (Å²) in [4.78, 5) is 51.2. The van der Waals surface area contributed by atoms with E-state index in [1.807, 2.05) is 45.9 Å². The summed E-state index contributed by atoms with van der Waals surface area (Å²) in [5, 5.41) is 17.3. The van der Waals surface area contributed by atoms with Gasteiger partial charge in [-0.05, 0) is 54.4 Å². The van der Waals surface area contributed by atoms with E-state index in [9.17, 15) is 28.7 Å². The molecule has 0 aliphatic rings. The second-order valence-electron chi connectivity index (χ2n) is 10.5. The number of carbonyl (C=O) groups excluding carboxylic acids is 4. The maximum Gasteiger partial charge on any atom is 0.408 e. The molecular formula is C30H39FN3O6. The summed E-state index contributed by atoms with van der Waals surface area (Å²) in [6, 6.07) is 11.8. The second kappa shape index (κ2) is 16.2. The molecule has 0 aliphatic carbocycles. The maximum atomic E-state index is 13.3. The van der Waals surface area contributed by atoms with E-state index < -0.39 is 41.8 Å². The molecule has 1 radical (unpaired) electrons. The van der Waals surface area contributed by atoms with Crippen molar-refractivity contribution in [3.63, 3.8) is 0 Å². The number of ether oxygens (including phenoxy) is 1. The van der Waals surface area contributed by atoms with Crippen LogP contribution in [0.1, 0.15) is 51.7 Å². The third kappa shape index (κ3) is 11.4. The summed E-state index contributed by atoms with van der Waals surface area (Å²) < 4.78 is 18.5. The van der Waals surface area contributed by atoms with E-state index in [2.05, 4.69) is 16.0 Å². The highest BCUT2D eigenvalue weighted by molar-refractivity contribution is 5.96. The third-order valence-corrected chi connectivity index (χ3v) is 6.01. The second-order valence-corrected chi connectivity index (χ2v) is 10.5. The molecule has 2 rings (SSSR count). The van der Waals surface area contributed by atoms with Crippen molar-refractivity contribution >= 4 is 23.7 Å². The molecule has 0 aliphatic heterocycles. The first-order chi connectivity index (χ1) is 19.0. The first kappa shape index (κ1) is 32.3. The summed E-state index contributed by atoms with van der Waals surface area (Å²) in [7, 11) is 0. The molecular weight excluding hydrogens is 517 g/mol. The highest BCUT2D eigenvalue weighted by Crippen LogP contribution is 2.14. The number of phenolic OH excluding ortho intramolecular Hbond substituents is 1. The van der Waals surface area contributed by atoms with Gasteiger partial charge in [0.2, 0.25) is 11.8 Å². The summed E-state index contributed by atoms with van der Waals surface area (Å²) in [6.45, 7) is 7.44. The smallest absolute Gasteiger partial charge is 0.408 e. The van der Waals surface area contributed by atoms with Gasteiger partial charge in [0, 0.05) is 0 Å². The number of aromatic hydroxyl groups is 1. The third-order valence-electron chi connectivity index (χ3n) is 6.01. The van der Waals surface area contributed by atoms with Gasteiger partial charge in [0.25, 0.3) is 0 Å². The number of amides is 3. The first-order valence-electron chi connectivity index (χ1n) is 13.3. The lowest BCUT2D eigenvalue weighted by molar-refractivity contribution is -0.132. The molecule has 4 N–H and O–H groups in total. The summed E-state index contributed by atoms with van der Waals surface area (Å²) >= 11 is 0. The molecule has 10 heteroatoms. The number of halogens is 1. The van der Waals surface area contributed by atoms with Crippen LogP contribution in [0.2, 0.25) is 0 Å². The Balaban J connectivity index is 2.11. The van der Waals surface area contributed by atoms with E-state index in [4.69, 9.17) is 4.74 Å². The van der Waals surface area contributed by atoms with Gasteiger partial charge in [-0.2, -0.15) is 0 Å². The van der Waals surface area contributed by atoms with Crippen LogP contribution in [0.4, 0.5) is 9.18 Å². The van der Waals surface area contributed by atoms with Crippen molar-refractivity contribution in [3.05, 3.63) is 72.4 Å². The number of phenols is 1. The molecule has 217 valence electrons. The fourth-order valence-corrected chi connectivity index (χ4v) is 4.02. The van der Waals surface area contributed by atoms with Crippen LogP contribution in [0.3, 0.4) is 0 Å². The zero-order valence-electron chi connectivity index (χ0n) is 23.4. The monoisotopic (exact) mass is 556 g/mol. The number of Topliss-reactive ketones (excluding diaryl/α,β-unsaturated/α-hetero) is 1. The molecule has 40 heavy (non-hydrogen) atoms. The molecule has 0 fully saturated rings. The van der Waals surface area contributed by atoms with Crippen LogP contribution >= 0.6 is 0 Å². The van der Waals surface area contributed by atoms with Crippen molar-refractivity contribution < 1.29 is 33.4 Å². The van der Waals surface area contributed by atoms with E-state index >= 15 is 0 Å². The van der Waals surface area contributed by atoms with Gasteiger partial charge in [-0.1, -0.05) is 70.2 Å². The predicted molar refractivity (Wildman–Crippen MR) is 149 cm³/mol. The number of rotatable bonds is 15. The molecule has 2 aromatic rings. The van der Waals surface area contributed by atoms with Crippen molar-refractivity contribution in [2.75, 3.05) is 0 Å². The van der Waals surface area contributed by atoms with Gasteiger partial charge >= 0.3 is 6.09 Å². The van der Waals surface area contributed by atoms with Gasteiger partial charge in [0.05, 0.1) is 6.04 Å². The van der Waals surface area contributed by atoms with Crippen molar-refractivity contribution in [1.29, 1.82) is 0 Å². The minimum atomic E-state index is -1.22. The first-order valence-corrected chi connectivity index (χ1v) is 13.3. The normalized spacial score (nSPS) is 13.3. The molecule has 0 aromatic heterocycles. The SMILES string of the molecule is CC(C)C[C@H](NC(=O)OCc1ccccc1)C(=O)N[C@@H](CC(C)C)C(=O)N[C@@H](Cc1ccc(O)cc1)C(=O)[CH]F. The molecule has 3 amide bonds. The molecule has 0 bridgehead atoms. The highest BCUT2D eigenvalue weighted by Gasteiger charge is 2.31. The number of hydrogen-bond acceptors (Lipinski definition) is 6. The Morgan fingerprint density at radius 3 is 1.82 bits per heavy atom. The zero-order chi connectivity index (χ0) is 29.7. The summed E-state index contributed by atoms with van der Waals surface area (Å²) in [5.41, 5.74) is 1.39. The van der Waals surface area contributed by atoms with Gasteiger partial charge in [-0.15, -0.1) is 0 Å². The number of hydrogen-bond donors (Lipinski definition) is 4. The molecule has 0 heterocycles. The van der Waals surface area contributed by atoms with E-state index in [0.717, 1.165) is 5.56 Å². The Bertz CT molecular complexity index is 1110. The van der Waals surface area contributed by atoms with Crippen LogP contribution in [0, 0.1) is 18.5 Å². The van der Waals surface area contributed by atoms with Gasteiger partial charge in [-0.3, -0.25) is 14.4 Å². The van der Waals surface area contributed by atoms with E-state index in [1.165, 1.54) is 12.1 Å². The number of ketones is 1.